The fourth-order valence-corrected chi connectivity index (χ4v) is 1.40. The highest BCUT2D eigenvalue weighted by Crippen LogP contribution is 2.27. The summed E-state index contributed by atoms with van der Waals surface area (Å²) in [5.41, 5.74) is -3.16. The minimum Gasteiger partial charge on any atom is -0.286 e. The van der Waals surface area contributed by atoms with Crippen LogP contribution in [0.3, 0.4) is 0 Å². The molecule has 0 spiro atoms. The molecule has 0 fully saturated rings. The summed E-state index contributed by atoms with van der Waals surface area (Å²) >= 11 is 0. The number of rotatable bonds is 1. The molecule has 0 saturated carbocycles. The summed E-state index contributed by atoms with van der Waals surface area (Å²) in [4.78, 5) is 11.3. The average molecular weight is 282 g/mol. The van der Waals surface area contributed by atoms with Crippen LogP contribution in [0.25, 0.3) is 5.69 Å². The second kappa shape index (κ2) is 4.18. The molecule has 0 unspecified atom stereocenters. The number of nitrogens with one attached hydrogen (secondary N) is 1. The van der Waals surface area contributed by atoms with Gasteiger partial charge in [-0.2, -0.15) is 13.2 Å². The number of aromatic amines is 1. The maximum atomic E-state index is 12.9. The van der Waals surface area contributed by atoms with E-state index in [-0.39, 0.29) is 10.7 Å². The Balaban J connectivity index is 2.60. The van der Waals surface area contributed by atoms with Crippen LogP contribution in [0, 0.1) is 17.5 Å². The Hall–Kier alpha value is -2.19. The molecule has 0 saturated heterocycles. The molecule has 2 aromatic rings. The number of H-pyrrole nitrogens is 1. The monoisotopic (exact) mass is 282 g/mol. The number of nitrogens with zero attached hydrogens (tertiary/aromatic N) is 1. The van der Waals surface area contributed by atoms with Crippen molar-refractivity contribution in [2.45, 2.75) is 6.18 Å². The Morgan fingerprint density at radius 3 is 1.95 bits per heavy atom. The molecule has 1 N–H and O–H groups in total. The van der Waals surface area contributed by atoms with Crippen molar-refractivity contribution in [2.75, 3.05) is 0 Å². The first-order chi connectivity index (χ1) is 8.70. The van der Waals surface area contributed by atoms with Gasteiger partial charge < -0.3 is 0 Å². The quantitative estimate of drug-likeness (QED) is 0.633. The van der Waals surface area contributed by atoms with E-state index in [0.717, 1.165) is 0 Å². The predicted molar refractivity (Wildman–Crippen MR) is 51.3 cm³/mol. The SMILES string of the molecule is O=c1cc(C(F)(F)F)[nH]n1-c1cc(F)c(F)c(F)c1. The number of alkyl halides is 3. The van der Waals surface area contributed by atoms with Gasteiger partial charge in [-0.05, 0) is 0 Å². The Morgan fingerprint density at radius 2 is 1.53 bits per heavy atom. The molecule has 2 rings (SSSR count). The molecule has 19 heavy (non-hydrogen) atoms. The first kappa shape index (κ1) is 13.2. The lowest BCUT2D eigenvalue weighted by Gasteiger charge is -2.05. The zero-order valence-electron chi connectivity index (χ0n) is 8.86. The molecular formula is C10H4F6N2O. The highest BCUT2D eigenvalue weighted by Gasteiger charge is 2.33. The van der Waals surface area contributed by atoms with Crippen LogP contribution >= 0.6 is 0 Å². The van der Waals surface area contributed by atoms with E-state index in [4.69, 9.17) is 0 Å². The van der Waals surface area contributed by atoms with Gasteiger partial charge in [-0.3, -0.25) is 9.89 Å². The molecule has 1 heterocycles. The zero-order valence-corrected chi connectivity index (χ0v) is 8.86. The molecule has 0 aliphatic carbocycles. The maximum Gasteiger partial charge on any atom is 0.432 e. The summed E-state index contributed by atoms with van der Waals surface area (Å²) in [5.74, 6) is -5.02. The van der Waals surface area contributed by atoms with Crippen LogP contribution in [0.5, 0.6) is 0 Å². The molecule has 102 valence electrons. The van der Waals surface area contributed by atoms with Gasteiger partial charge in [0.2, 0.25) is 0 Å². The standard InChI is InChI=1S/C10H4F6N2O/c11-5-1-4(2-6(12)9(5)13)18-8(19)3-7(17-18)10(14,15)16/h1-3,17H. The van der Waals surface area contributed by atoms with Crippen LogP contribution in [-0.4, -0.2) is 9.78 Å². The molecule has 1 aromatic carbocycles. The van der Waals surface area contributed by atoms with E-state index in [1.165, 1.54) is 0 Å². The molecule has 3 nitrogen and oxygen atoms in total. The lowest BCUT2D eigenvalue weighted by Crippen LogP contribution is -2.14. The van der Waals surface area contributed by atoms with Crippen molar-refractivity contribution < 1.29 is 26.3 Å². The zero-order chi connectivity index (χ0) is 14.4. The highest BCUT2D eigenvalue weighted by atomic mass is 19.4. The average Bonchev–Trinajstić information content (AvgIpc) is 2.67. The van der Waals surface area contributed by atoms with E-state index in [2.05, 4.69) is 0 Å². The maximum absolute atomic E-state index is 12.9. The number of benzene rings is 1. The van der Waals surface area contributed by atoms with Crippen molar-refractivity contribution in [1.82, 2.24) is 9.78 Å². The molecule has 0 bridgehead atoms. The van der Waals surface area contributed by atoms with Gasteiger partial charge in [-0.1, -0.05) is 0 Å². The molecule has 0 radical (unpaired) electrons. The third kappa shape index (κ3) is 2.35. The van der Waals surface area contributed by atoms with Crippen molar-refractivity contribution in [1.29, 1.82) is 0 Å². The number of aromatic nitrogens is 2. The van der Waals surface area contributed by atoms with E-state index in [9.17, 15) is 31.1 Å². The van der Waals surface area contributed by atoms with Crippen LogP contribution in [0.15, 0.2) is 23.0 Å². The van der Waals surface area contributed by atoms with Gasteiger partial charge in [0.1, 0.15) is 5.69 Å². The van der Waals surface area contributed by atoms with Gasteiger partial charge in [0.05, 0.1) is 5.69 Å². The summed E-state index contributed by atoms with van der Waals surface area (Å²) in [6.07, 6.45) is -4.82. The molecule has 0 aliphatic heterocycles. The molecular weight excluding hydrogens is 278 g/mol. The topological polar surface area (TPSA) is 37.8 Å². The molecule has 0 atom stereocenters. The van der Waals surface area contributed by atoms with E-state index >= 15 is 0 Å². The van der Waals surface area contributed by atoms with Crippen LogP contribution in [0.4, 0.5) is 26.3 Å². The Kier molecular flexibility index (Phi) is 2.91. The smallest absolute Gasteiger partial charge is 0.286 e. The Bertz CT molecular complexity index is 661. The second-order valence-electron chi connectivity index (χ2n) is 3.56. The van der Waals surface area contributed by atoms with Crippen molar-refractivity contribution in [3.8, 4) is 5.69 Å². The van der Waals surface area contributed by atoms with Crippen LogP contribution in [-0.2, 0) is 6.18 Å². The lowest BCUT2D eigenvalue weighted by atomic mass is 10.3. The first-order valence-electron chi connectivity index (χ1n) is 4.74. The number of hydrogen-bond donors (Lipinski definition) is 1. The van der Waals surface area contributed by atoms with Gasteiger partial charge in [0.25, 0.3) is 5.56 Å². The van der Waals surface area contributed by atoms with Crippen LogP contribution in [0.2, 0.25) is 0 Å². The Morgan fingerprint density at radius 1 is 1.00 bits per heavy atom. The van der Waals surface area contributed by atoms with Gasteiger partial charge in [-0.25, -0.2) is 17.9 Å². The van der Waals surface area contributed by atoms with Crippen molar-refractivity contribution in [3.63, 3.8) is 0 Å². The van der Waals surface area contributed by atoms with Crippen molar-refractivity contribution in [3.05, 3.63) is 51.7 Å². The molecule has 0 aliphatic rings. The second-order valence-corrected chi connectivity index (χ2v) is 3.56. The van der Waals surface area contributed by atoms with Gasteiger partial charge in [0.15, 0.2) is 17.5 Å². The summed E-state index contributed by atoms with van der Waals surface area (Å²) in [6, 6.07) is 1.02. The third-order valence-electron chi connectivity index (χ3n) is 2.25. The van der Waals surface area contributed by atoms with E-state index in [1.807, 2.05) is 0 Å². The summed E-state index contributed by atoms with van der Waals surface area (Å²) < 4.78 is 75.8. The first-order valence-corrected chi connectivity index (χ1v) is 4.74. The number of halogens is 6. The fourth-order valence-electron chi connectivity index (χ4n) is 1.40. The van der Waals surface area contributed by atoms with Crippen LogP contribution in [0.1, 0.15) is 5.69 Å². The van der Waals surface area contributed by atoms with E-state index in [0.29, 0.717) is 12.1 Å². The van der Waals surface area contributed by atoms with Gasteiger partial charge in [-0.15, -0.1) is 0 Å². The minimum absolute atomic E-state index is 0.221. The highest BCUT2D eigenvalue weighted by molar-refractivity contribution is 5.33. The normalized spacial score (nSPS) is 11.9. The predicted octanol–water partition coefficient (Wildman–Crippen LogP) is 2.60. The molecule has 0 amide bonds. The third-order valence-corrected chi connectivity index (χ3v) is 2.25. The largest absolute Gasteiger partial charge is 0.432 e. The minimum atomic E-state index is -4.82. The van der Waals surface area contributed by atoms with Gasteiger partial charge in [0, 0.05) is 18.2 Å². The summed E-state index contributed by atoms with van der Waals surface area (Å²) in [7, 11) is 0. The summed E-state index contributed by atoms with van der Waals surface area (Å²) in [5, 5.41) is 1.63. The van der Waals surface area contributed by atoms with Gasteiger partial charge >= 0.3 is 6.18 Å². The molecule has 9 heteroatoms. The summed E-state index contributed by atoms with van der Waals surface area (Å²) in [6.45, 7) is 0. The van der Waals surface area contributed by atoms with E-state index in [1.54, 1.807) is 5.10 Å². The van der Waals surface area contributed by atoms with Crippen molar-refractivity contribution in [2.24, 2.45) is 0 Å². The van der Waals surface area contributed by atoms with Crippen LogP contribution < -0.4 is 5.56 Å². The fraction of sp³-hybridized carbons (Fsp3) is 0.100. The van der Waals surface area contributed by atoms with Crippen molar-refractivity contribution >= 4 is 0 Å². The number of hydrogen-bond acceptors (Lipinski definition) is 1. The lowest BCUT2D eigenvalue weighted by molar-refractivity contribution is -0.141. The van der Waals surface area contributed by atoms with E-state index < -0.39 is 40.6 Å². The Labute approximate surface area is 101 Å². The molecule has 1 aromatic heterocycles.